The highest BCUT2D eigenvalue weighted by Crippen LogP contribution is 2.18. The maximum atomic E-state index is 12.3. The van der Waals surface area contributed by atoms with E-state index in [1.165, 1.54) is 6.26 Å². The lowest BCUT2D eigenvalue weighted by Gasteiger charge is -2.35. The lowest BCUT2D eigenvalue weighted by molar-refractivity contribution is 0.0661. The van der Waals surface area contributed by atoms with Crippen LogP contribution in [-0.4, -0.2) is 54.1 Å². The minimum atomic E-state index is -0.0775. The van der Waals surface area contributed by atoms with E-state index < -0.39 is 0 Å². The van der Waals surface area contributed by atoms with Gasteiger partial charge in [0.15, 0.2) is 10.9 Å². The van der Waals surface area contributed by atoms with Crippen molar-refractivity contribution in [3.63, 3.8) is 0 Å². The SMILES string of the molecule is COc1cccc(NC(=S)N2CCN(C(=O)c3ccco3)CC2)c1. The zero-order valence-corrected chi connectivity index (χ0v) is 14.2. The monoisotopic (exact) mass is 345 g/mol. The molecule has 3 rings (SSSR count). The Morgan fingerprint density at radius 1 is 1.17 bits per heavy atom. The molecule has 1 aliphatic heterocycles. The highest BCUT2D eigenvalue weighted by Gasteiger charge is 2.24. The standard InChI is InChI=1S/C17H19N3O3S/c1-22-14-5-2-4-13(12-14)18-17(24)20-9-7-19(8-10-20)16(21)15-6-3-11-23-15/h2-6,11-12H,7-10H2,1H3,(H,18,24). The van der Waals surface area contributed by atoms with Crippen molar-refractivity contribution < 1.29 is 13.9 Å². The molecule has 126 valence electrons. The van der Waals surface area contributed by atoms with Crippen LogP contribution < -0.4 is 10.1 Å². The smallest absolute Gasteiger partial charge is 0.289 e. The van der Waals surface area contributed by atoms with Gasteiger partial charge in [-0.15, -0.1) is 0 Å². The molecular weight excluding hydrogens is 326 g/mol. The fourth-order valence-electron chi connectivity index (χ4n) is 2.57. The van der Waals surface area contributed by atoms with Crippen molar-refractivity contribution >= 4 is 28.9 Å². The van der Waals surface area contributed by atoms with Gasteiger partial charge in [-0.3, -0.25) is 4.79 Å². The van der Waals surface area contributed by atoms with E-state index in [1.807, 2.05) is 24.3 Å². The second-order valence-electron chi connectivity index (χ2n) is 5.42. The Morgan fingerprint density at radius 3 is 2.58 bits per heavy atom. The molecule has 1 aliphatic rings. The molecule has 6 nitrogen and oxygen atoms in total. The number of thiocarbonyl (C=S) groups is 1. The van der Waals surface area contributed by atoms with E-state index in [-0.39, 0.29) is 5.91 Å². The average Bonchev–Trinajstić information content (AvgIpc) is 3.16. The van der Waals surface area contributed by atoms with E-state index >= 15 is 0 Å². The van der Waals surface area contributed by atoms with Gasteiger partial charge in [-0.1, -0.05) is 6.07 Å². The predicted octanol–water partition coefficient (Wildman–Crippen LogP) is 2.44. The fourth-order valence-corrected chi connectivity index (χ4v) is 2.87. The summed E-state index contributed by atoms with van der Waals surface area (Å²) in [5.41, 5.74) is 0.883. The lowest BCUT2D eigenvalue weighted by Crippen LogP contribution is -2.51. The number of furan rings is 1. The minimum Gasteiger partial charge on any atom is -0.497 e. The van der Waals surface area contributed by atoms with Gasteiger partial charge in [-0.25, -0.2) is 0 Å². The highest BCUT2D eigenvalue weighted by molar-refractivity contribution is 7.80. The number of hydrogen-bond donors (Lipinski definition) is 1. The molecule has 1 aromatic heterocycles. The van der Waals surface area contributed by atoms with Crippen LogP contribution in [0.25, 0.3) is 0 Å². The molecule has 0 atom stereocenters. The summed E-state index contributed by atoms with van der Waals surface area (Å²) < 4.78 is 10.4. The van der Waals surface area contributed by atoms with E-state index in [2.05, 4.69) is 10.2 Å². The van der Waals surface area contributed by atoms with Crippen LogP contribution in [0.3, 0.4) is 0 Å². The molecule has 0 spiro atoms. The topological polar surface area (TPSA) is 58.0 Å². The number of hydrogen-bond acceptors (Lipinski definition) is 4. The average molecular weight is 345 g/mol. The van der Waals surface area contributed by atoms with E-state index in [0.717, 1.165) is 11.4 Å². The van der Waals surface area contributed by atoms with Crippen molar-refractivity contribution in [1.82, 2.24) is 9.80 Å². The van der Waals surface area contributed by atoms with Crippen LogP contribution in [0.1, 0.15) is 10.6 Å². The Labute approximate surface area is 146 Å². The Balaban J connectivity index is 1.54. The fraction of sp³-hybridized carbons (Fsp3) is 0.294. The molecule has 24 heavy (non-hydrogen) atoms. The number of benzene rings is 1. The summed E-state index contributed by atoms with van der Waals surface area (Å²) in [7, 11) is 1.63. The second kappa shape index (κ2) is 7.35. The van der Waals surface area contributed by atoms with Crippen LogP contribution in [0.15, 0.2) is 47.1 Å². The van der Waals surface area contributed by atoms with Crippen LogP contribution in [0.4, 0.5) is 5.69 Å². The number of methoxy groups -OCH3 is 1. The first-order valence-corrected chi connectivity index (χ1v) is 8.11. The van der Waals surface area contributed by atoms with Crippen LogP contribution >= 0.6 is 12.2 Å². The molecule has 1 fully saturated rings. The summed E-state index contributed by atoms with van der Waals surface area (Å²) in [6.45, 7) is 2.59. The number of nitrogens with zero attached hydrogens (tertiary/aromatic N) is 2. The Morgan fingerprint density at radius 2 is 1.92 bits per heavy atom. The number of anilines is 1. The number of piperazine rings is 1. The number of ether oxygens (including phenoxy) is 1. The number of carbonyl (C=O) groups excluding carboxylic acids is 1. The first-order valence-electron chi connectivity index (χ1n) is 7.70. The third-order valence-corrected chi connectivity index (χ3v) is 4.27. The first-order chi connectivity index (χ1) is 11.7. The molecule has 2 aromatic rings. The lowest BCUT2D eigenvalue weighted by atomic mass is 10.3. The van der Waals surface area contributed by atoms with Crippen molar-refractivity contribution in [3.8, 4) is 5.75 Å². The van der Waals surface area contributed by atoms with Gasteiger partial charge < -0.3 is 24.3 Å². The van der Waals surface area contributed by atoms with E-state index in [1.54, 1.807) is 24.1 Å². The zero-order chi connectivity index (χ0) is 16.9. The summed E-state index contributed by atoms with van der Waals surface area (Å²) in [6, 6.07) is 11.0. The molecule has 0 aliphatic carbocycles. The molecule has 0 unspecified atom stereocenters. The van der Waals surface area contributed by atoms with Crippen molar-refractivity contribution in [2.45, 2.75) is 0 Å². The molecule has 7 heteroatoms. The van der Waals surface area contributed by atoms with Crippen LogP contribution in [0, 0.1) is 0 Å². The van der Waals surface area contributed by atoms with Gasteiger partial charge in [0.05, 0.1) is 13.4 Å². The number of rotatable bonds is 3. The van der Waals surface area contributed by atoms with E-state index in [9.17, 15) is 4.79 Å². The van der Waals surface area contributed by atoms with Gasteiger partial charge in [-0.05, 0) is 36.5 Å². The van der Waals surface area contributed by atoms with Crippen LogP contribution in [0.5, 0.6) is 5.75 Å². The number of carbonyl (C=O) groups is 1. The van der Waals surface area contributed by atoms with Crippen molar-refractivity contribution in [1.29, 1.82) is 0 Å². The number of nitrogens with one attached hydrogen (secondary N) is 1. The Hall–Kier alpha value is -2.54. The molecular formula is C17H19N3O3S. The van der Waals surface area contributed by atoms with E-state index in [0.29, 0.717) is 37.1 Å². The zero-order valence-electron chi connectivity index (χ0n) is 13.4. The van der Waals surface area contributed by atoms with Crippen LogP contribution in [-0.2, 0) is 0 Å². The normalized spacial score (nSPS) is 14.4. The predicted molar refractivity (Wildman–Crippen MR) is 95.4 cm³/mol. The molecule has 0 bridgehead atoms. The summed E-state index contributed by atoms with van der Waals surface area (Å²) in [5, 5.41) is 3.86. The molecule has 1 saturated heterocycles. The minimum absolute atomic E-state index is 0.0775. The molecule has 1 aromatic carbocycles. The second-order valence-corrected chi connectivity index (χ2v) is 5.81. The number of amides is 1. The summed E-state index contributed by atoms with van der Waals surface area (Å²) in [6.07, 6.45) is 1.51. The van der Waals surface area contributed by atoms with E-state index in [4.69, 9.17) is 21.4 Å². The summed E-state index contributed by atoms with van der Waals surface area (Å²) in [4.78, 5) is 16.1. The summed E-state index contributed by atoms with van der Waals surface area (Å²) in [5.74, 6) is 1.07. The summed E-state index contributed by atoms with van der Waals surface area (Å²) >= 11 is 5.47. The van der Waals surface area contributed by atoms with Gasteiger partial charge in [-0.2, -0.15) is 0 Å². The molecule has 1 amide bonds. The third kappa shape index (κ3) is 3.68. The van der Waals surface area contributed by atoms with Crippen molar-refractivity contribution in [2.75, 3.05) is 38.6 Å². The van der Waals surface area contributed by atoms with Gasteiger partial charge in [0.1, 0.15) is 5.75 Å². The quantitative estimate of drug-likeness (QED) is 0.863. The maximum Gasteiger partial charge on any atom is 0.289 e. The largest absolute Gasteiger partial charge is 0.497 e. The van der Waals surface area contributed by atoms with Crippen LogP contribution in [0.2, 0.25) is 0 Å². The first kappa shape index (κ1) is 16.3. The molecule has 0 saturated carbocycles. The maximum absolute atomic E-state index is 12.3. The van der Waals surface area contributed by atoms with Crippen molar-refractivity contribution in [3.05, 3.63) is 48.4 Å². The van der Waals surface area contributed by atoms with Gasteiger partial charge in [0, 0.05) is 37.9 Å². The Kier molecular flexibility index (Phi) is 5.00. The van der Waals surface area contributed by atoms with Gasteiger partial charge in [0.25, 0.3) is 5.91 Å². The molecule has 1 N–H and O–H groups in total. The Bertz CT molecular complexity index is 710. The van der Waals surface area contributed by atoms with Gasteiger partial charge in [0.2, 0.25) is 0 Å². The highest BCUT2D eigenvalue weighted by atomic mass is 32.1. The van der Waals surface area contributed by atoms with Crippen molar-refractivity contribution in [2.24, 2.45) is 0 Å². The third-order valence-electron chi connectivity index (χ3n) is 3.91. The molecule has 0 radical (unpaired) electrons. The molecule has 2 heterocycles. The van der Waals surface area contributed by atoms with Gasteiger partial charge >= 0.3 is 0 Å².